The molecule has 12 heteroatoms. The summed E-state index contributed by atoms with van der Waals surface area (Å²) in [6, 6.07) is 19.2. The van der Waals surface area contributed by atoms with Gasteiger partial charge in [-0.1, -0.05) is 35.9 Å². The van der Waals surface area contributed by atoms with E-state index in [1.165, 1.54) is 6.92 Å². The van der Waals surface area contributed by atoms with Crippen molar-refractivity contribution in [3.63, 3.8) is 0 Å². The van der Waals surface area contributed by atoms with Crippen LogP contribution in [0.4, 0.5) is 11.4 Å². The number of rotatable bonds is 10. The molecule has 1 aliphatic rings. The molecule has 6 N–H and O–H groups in total. The van der Waals surface area contributed by atoms with Gasteiger partial charge in [0.15, 0.2) is 0 Å². The van der Waals surface area contributed by atoms with Crippen LogP contribution in [0.5, 0.6) is 0 Å². The first-order valence-corrected chi connectivity index (χ1v) is 15.0. The molecule has 0 spiro atoms. The zero-order chi connectivity index (χ0) is 31.1. The fraction of sp³-hybridized carbons (Fsp3) is 0.312. The Kier molecular flexibility index (Phi) is 9.98. The Morgan fingerprint density at radius 2 is 1.70 bits per heavy atom. The molecule has 1 aromatic heterocycles. The third-order valence-corrected chi connectivity index (χ3v) is 8.23. The Morgan fingerprint density at radius 1 is 0.955 bits per heavy atom. The second-order valence-corrected chi connectivity index (χ2v) is 11.5. The molecule has 0 unspecified atom stereocenters. The highest BCUT2D eigenvalue weighted by Crippen LogP contribution is 2.32. The summed E-state index contributed by atoms with van der Waals surface area (Å²) in [4.78, 5) is 38.6. The average Bonchev–Trinajstić information content (AvgIpc) is 3.57. The Hall–Kier alpha value is -4.61. The number of H-pyrrole nitrogens is 1. The number of aromatic nitrogens is 4. The van der Waals surface area contributed by atoms with E-state index in [0.717, 1.165) is 47.9 Å². The minimum atomic E-state index is -0.831. The van der Waals surface area contributed by atoms with Crippen LogP contribution in [0, 0.1) is 11.8 Å². The van der Waals surface area contributed by atoms with Gasteiger partial charge in [-0.25, -0.2) is 0 Å². The molecule has 0 bridgehead atoms. The molecule has 4 aromatic rings. The van der Waals surface area contributed by atoms with Crippen LogP contribution in [0.15, 0.2) is 66.7 Å². The van der Waals surface area contributed by atoms with Gasteiger partial charge in [0.25, 0.3) is 0 Å². The molecular formula is C32H35ClN8O3. The number of benzene rings is 3. The molecule has 11 nitrogen and oxygen atoms in total. The predicted octanol–water partition coefficient (Wildman–Crippen LogP) is 4.58. The number of carbonyl (C=O) groups is 3. The maximum Gasteiger partial charge on any atom is 0.247 e. The van der Waals surface area contributed by atoms with Gasteiger partial charge >= 0.3 is 0 Å². The van der Waals surface area contributed by atoms with E-state index in [4.69, 9.17) is 17.3 Å². The summed E-state index contributed by atoms with van der Waals surface area (Å²) in [5.74, 6) is 0.0708. The highest BCUT2D eigenvalue weighted by atomic mass is 35.5. The van der Waals surface area contributed by atoms with Gasteiger partial charge in [-0.2, -0.15) is 5.21 Å². The highest BCUT2D eigenvalue weighted by Gasteiger charge is 2.29. The maximum atomic E-state index is 13.7. The number of carbonyl (C=O) groups excluding carboxylic acids is 3. The number of nitrogens with zero attached hydrogens (tertiary/aromatic N) is 3. The van der Waals surface area contributed by atoms with Crippen LogP contribution in [0.3, 0.4) is 0 Å². The lowest BCUT2D eigenvalue weighted by atomic mass is 9.81. The number of hydrogen-bond acceptors (Lipinski definition) is 7. The molecule has 5 rings (SSSR count). The Balaban J connectivity index is 1.36. The number of aromatic amines is 1. The summed E-state index contributed by atoms with van der Waals surface area (Å²) < 4.78 is 0. The Labute approximate surface area is 260 Å². The summed E-state index contributed by atoms with van der Waals surface area (Å²) in [6.07, 6.45) is 3.56. The second kappa shape index (κ2) is 14.2. The minimum absolute atomic E-state index is 0.129. The quantitative estimate of drug-likeness (QED) is 0.174. The first-order chi connectivity index (χ1) is 21.3. The molecule has 3 aromatic carbocycles. The van der Waals surface area contributed by atoms with Gasteiger partial charge in [-0.3, -0.25) is 14.4 Å². The van der Waals surface area contributed by atoms with Crippen molar-refractivity contribution in [1.29, 1.82) is 0 Å². The van der Waals surface area contributed by atoms with Crippen molar-refractivity contribution in [1.82, 2.24) is 25.9 Å². The third-order valence-electron chi connectivity index (χ3n) is 7.90. The van der Waals surface area contributed by atoms with E-state index in [9.17, 15) is 14.4 Å². The standard InChI is InChI=1S/C32H35ClN8O3/c1-19(42)35-26-13-14-28(33)27(17-26)24-4-2-3-21(15-24)16-29(37-31(43)23-7-5-20(18-34)6-8-23)32(44)36-25-11-9-22(10-12-25)30-38-40-41-39-30/h2-4,9-15,17,20,23,29H,5-8,16,18,34H2,1H3,(H,35,42)(H,36,44)(H,37,43)(H,38,39,40,41)/t20?,23?,29-/m0/s1. The van der Waals surface area contributed by atoms with Gasteiger partial charge in [0.1, 0.15) is 6.04 Å². The van der Waals surface area contributed by atoms with Crippen molar-refractivity contribution >= 4 is 40.7 Å². The van der Waals surface area contributed by atoms with E-state index in [-0.39, 0.29) is 30.1 Å². The fourth-order valence-electron chi connectivity index (χ4n) is 5.50. The minimum Gasteiger partial charge on any atom is -0.344 e. The zero-order valence-corrected chi connectivity index (χ0v) is 25.1. The summed E-state index contributed by atoms with van der Waals surface area (Å²) in [7, 11) is 0. The summed E-state index contributed by atoms with van der Waals surface area (Å²) in [6.45, 7) is 2.07. The van der Waals surface area contributed by atoms with Crippen molar-refractivity contribution in [2.45, 2.75) is 45.1 Å². The normalized spacial score (nSPS) is 17.0. The lowest BCUT2D eigenvalue weighted by Gasteiger charge is -2.28. The number of nitrogens with one attached hydrogen (secondary N) is 4. The molecule has 1 atom stereocenters. The lowest BCUT2D eigenvalue weighted by Crippen LogP contribution is -2.48. The molecular weight excluding hydrogens is 580 g/mol. The second-order valence-electron chi connectivity index (χ2n) is 11.1. The molecule has 0 saturated heterocycles. The van der Waals surface area contributed by atoms with E-state index < -0.39 is 6.04 Å². The number of nitrogens with two attached hydrogens (primary N) is 1. The fourth-order valence-corrected chi connectivity index (χ4v) is 5.73. The van der Waals surface area contributed by atoms with E-state index in [1.807, 2.05) is 30.3 Å². The van der Waals surface area contributed by atoms with Crippen LogP contribution >= 0.6 is 11.6 Å². The number of halogens is 1. The molecule has 44 heavy (non-hydrogen) atoms. The third kappa shape index (κ3) is 7.86. The number of amides is 3. The van der Waals surface area contributed by atoms with Crippen LogP contribution in [-0.2, 0) is 20.8 Å². The van der Waals surface area contributed by atoms with Gasteiger partial charge < -0.3 is 21.7 Å². The number of tetrazole rings is 1. The van der Waals surface area contributed by atoms with E-state index in [2.05, 4.69) is 36.6 Å². The predicted molar refractivity (Wildman–Crippen MR) is 170 cm³/mol. The largest absolute Gasteiger partial charge is 0.344 e. The molecule has 1 heterocycles. The molecule has 1 aliphatic carbocycles. The molecule has 228 valence electrons. The zero-order valence-electron chi connectivity index (χ0n) is 24.3. The van der Waals surface area contributed by atoms with Gasteiger partial charge in [-0.15, -0.1) is 10.2 Å². The van der Waals surface area contributed by atoms with Crippen molar-refractivity contribution in [3.05, 3.63) is 77.3 Å². The van der Waals surface area contributed by atoms with Gasteiger partial charge in [0, 0.05) is 46.8 Å². The van der Waals surface area contributed by atoms with Crippen LogP contribution in [-0.4, -0.2) is 50.9 Å². The monoisotopic (exact) mass is 614 g/mol. The summed E-state index contributed by atoms with van der Waals surface area (Å²) >= 11 is 6.53. The van der Waals surface area contributed by atoms with Crippen molar-refractivity contribution in [2.75, 3.05) is 17.2 Å². The van der Waals surface area contributed by atoms with Gasteiger partial charge in [-0.05, 0) is 97.0 Å². The molecule has 1 fully saturated rings. The lowest BCUT2D eigenvalue weighted by molar-refractivity contribution is -0.130. The summed E-state index contributed by atoms with van der Waals surface area (Å²) in [5.41, 5.74) is 10.2. The Morgan fingerprint density at radius 3 is 2.39 bits per heavy atom. The molecule has 0 radical (unpaired) electrons. The molecule has 3 amide bonds. The summed E-state index contributed by atoms with van der Waals surface area (Å²) in [5, 5.41) is 23.2. The van der Waals surface area contributed by atoms with Crippen molar-refractivity contribution < 1.29 is 14.4 Å². The van der Waals surface area contributed by atoms with Crippen LogP contribution < -0.4 is 21.7 Å². The number of hydrogen-bond donors (Lipinski definition) is 5. The van der Waals surface area contributed by atoms with E-state index in [1.54, 1.807) is 36.4 Å². The maximum absolute atomic E-state index is 13.7. The average molecular weight is 615 g/mol. The van der Waals surface area contributed by atoms with E-state index in [0.29, 0.717) is 34.7 Å². The highest BCUT2D eigenvalue weighted by molar-refractivity contribution is 6.33. The van der Waals surface area contributed by atoms with Gasteiger partial charge in [0.2, 0.25) is 23.5 Å². The first kappa shape index (κ1) is 30.8. The Bertz CT molecular complexity index is 1600. The van der Waals surface area contributed by atoms with Crippen molar-refractivity contribution in [2.24, 2.45) is 17.6 Å². The van der Waals surface area contributed by atoms with E-state index >= 15 is 0 Å². The molecule has 1 saturated carbocycles. The molecule has 0 aliphatic heterocycles. The number of anilines is 2. The SMILES string of the molecule is CC(=O)Nc1ccc(Cl)c(-c2cccc(C[C@H](NC(=O)C3CCC(CN)CC3)C(=O)Nc3ccc(-c4nn[nH]n4)cc3)c2)c1. The van der Waals surface area contributed by atoms with Crippen LogP contribution in [0.2, 0.25) is 5.02 Å². The van der Waals surface area contributed by atoms with Crippen LogP contribution in [0.25, 0.3) is 22.5 Å². The van der Waals surface area contributed by atoms with Crippen molar-refractivity contribution in [3.8, 4) is 22.5 Å². The topological polar surface area (TPSA) is 168 Å². The first-order valence-electron chi connectivity index (χ1n) is 14.6. The van der Waals surface area contributed by atoms with Crippen LogP contribution in [0.1, 0.15) is 38.2 Å². The smallest absolute Gasteiger partial charge is 0.247 e. The van der Waals surface area contributed by atoms with Gasteiger partial charge in [0.05, 0.1) is 0 Å².